The summed E-state index contributed by atoms with van der Waals surface area (Å²) in [6, 6.07) is -0.163. The Balaban J connectivity index is 1.33. The number of hydrogen-bond donors (Lipinski definition) is 2. The van der Waals surface area contributed by atoms with Gasteiger partial charge in [-0.05, 0) is 12.8 Å². The lowest BCUT2D eigenvalue weighted by Crippen LogP contribution is -2.56. The summed E-state index contributed by atoms with van der Waals surface area (Å²) in [5.41, 5.74) is 0. The van der Waals surface area contributed by atoms with Crippen LogP contribution in [0.15, 0.2) is 0 Å². The van der Waals surface area contributed by atoms with Crippen LogP contribution in [0.4, 0.5) is 9.59 Å². The van der Waals surface area contributed by atoms with Crippen LogP contribution < -0.4 is 10.6 Å². The van der Waals surface area contributed by atoms with E-state index >= 15 is 0 Å². The summed E-state index contributed by atoms with van der Waals surface area (Å²) in [6.45, 7) is 5.09. The van der Waals surface area contributed by atoms with Crippen LogP contribution in [0.2, 0.25) is 0 Å². The van der Waals surface area contributed by atoms with Crippen LogP contribution in [0.1, 0.15) is 32.1 Å². The Morgan fingerprint density at radius 3 is 2.15 bits per heavy atom. The topological polar surface area (TPSA) is 94.2 Å². The second-order valence-corrected chi connectivity index (χ2v) is 7.50. The monoisotopic (exact) mass is 381 g/mol. The summed E-state index contributed by atoms with van der Waals surface area (Å²) in [4.78, 5) is 42.1. The number of nitrogens with one attached hydrogen (secondary N) is 2. The number of ether oxygens (including phenoxy) is 1. The summed E-state index contributed by atoms with van der Waals surface area (Å²) in [5, 5.41) is 5.31. The number of piperazine rings is 1. The van der Waals surface area contributed by atoms with Crippen molar-refractivity contribution in [1.82, 2.24) is 25.3 Å². The molecule has 2 saturated heterocycles. The molecule has 0 aromatic rings. The van der Waals surface area contributed by atoms with Gasteiger partial charge in [0.2, 0.25) is 5.91 Å². The highest BCUT2D eigenvalue weighted by Gasteiger charge is 2.27. The number of rotatable bonds is 3. The Bertz CT molecular complexity index is 524. The molecule has 27 heavy (non-hydrogen) atoms. The van der Waals surface area contributed by atoms with Crippen molar-refractivity contribution in [2.24, 2.45) is 0 Å². The van der Waals surface area contributed by atoms with Gasteiger partial charge in [-0.25, -0.2) is 9.59 Å². The molecule has 0 radical (unpaired) electrons. The Morgan fingerprint density at radius 1 is 0.852 bits per heavy atom. The van der Waals surface area contributed by atoms with Gasteiger partial charge in [-0.3, -0.25) is 15.0 Å². The molecule has 5 amide bonds. The number of amides is 5. The van der Waals surface area contributed by atoms with Crippen molar-refractivity contribution in [1.29, 1.82) is 0 Å². The number of urea groups is 2. The molecule has 3 fully saturated rings. The zero-order valence-corrected chi connectivity index (χ0v) is 16.0. The van der Waals surface area contributed by atoms with Crippen LogP contribution in [-0.4, -0.2) is 97.7 Å². The predicted molar refractivity (Wildman–Crippen MR) is 99.3 cm³/mol. The maximum Gasteiger partial charge on any atom is 0.321 e. The number of carbonyl (C=O) groups is 3. The SMILES string of the molecule is O=C(CN1CCN(C(=O)N2CCOCC2)CC1)NC(=O)NC1CCCCC1. The summed E-state index contributed by atoms with van der Waals surface area (Å²) < 4.78 is 5.28. The molecule has 0 spiro atoms. The third-order valence-electron chi connectivity index (χ3n) is 5.48. The normalized spacial score (nSPS) is 22.4. The molecule has 2 heterocycles. The van der Waals surface area contributed by atoms with Crippen molar-refractivity contribution < 1.29 is 19.1 Å². The summed E-state index contributed by atoms with van der Waals surface area (Å²) in [6.07, 6.45) is 5.46. The van der Waals surface area contributed by atoms with Crippen molar-refractivity contribution in [2.75, 3.05) is 59.0 Å². The molecule has 2 N–H and O–H groups in total. The second kappa shape index (κ2) is 9.89. The van der Waals surface area contributed by atoms with Crippen LogP contribution in [0.25, 0.3) is 0 Å². The van der Waals surface area contributed by atoms with E-state index in [1.165, 1.54) is 6.42 Å². The fourth-order valence-electron chi connectivity index (χ4n) is 3.89. The fourth-order valence-corrected chi connectivity index (χ4v) is 3.89. The van der Waals surface area contributed by atoms with Crippen LogP contribution in [0.3, 0.4) is 0 Å². The molecule has 9 nitrogen and oxygen atoms in total. The molecule has 1 aliphatic carbocycles. The zero-order valence-electron chi connectivity index (χ0n) is 16.0. The summed E-state index contributed by atoms with van der Waals surface area (Å²) in [5.74, 6) is -0.295. The third kappa shape index (κ3) is 6.07. The highest BCUT2D eigenvalue weighted by molar-refractivity contribution is 5.95. The number of nitrogens with zero attached hydrogens (tertiary/aromatic N) is 3. The fraction of sp³-hybridized carbons (Fsp3) is 0.833. The van der Waals surface area contributed by atoms with Gasteiger partial charge in [-0.2, -0.15) is 0 Å². The van der Waals surface area contributed by atoms with E-state index in [1.807, 2.05) is 14.7 Å². The van der Waals surface area contributed by atoms with Gasteiger partial charge >= 0.3 is 12.1 Å². The molecule has 0 bridgehead atoms. The van der Waals surface area contributed by atoms with E-state index in [2.05, 4.69) is 10.6 Å². The van der Waals surface area contributed by atoms with Gasteiger partial charge in [0.15, 0.2) is 0 Å². The van der Waals surface area contributed by atoms with Gasteiger partial charge in [0.1, 0.15) is 0 Å². The second-order valence-electron chi connectivity index (χ2n) is 7.50. The first kappa shape index (κ1) is 19.9. The Labute approximate surface area is 160 Å². The van der Waals surface area contributed by atoms with Gasteiger partial charge in [-0.15, -0.1) is 0 Å². The summed E-state index contributed by atoms with van der Waals surface area (Å²) in [7, 11) is 0. The smallest absolute Gasteiger partial charge is 0.321 e. The molecule has 152 valence electrons. The number of morpholine rings is 1. The van der Waals surface area contributed by atoms with Gasteiger partial charge < -0.3 is 19.9 Å². The molecule has 3 aliphatic rings. The molecule has 0 aromatic heterocycles. The molecule has 3 rings (SSSR count). The van der Waals surface area contributed by atoms with E-state index in [4.69, 9.17) is 4.74 Å². The minimum absolute atomic E-state index is 0.0502. The van der Waals surface area contributed by atoms with Crippen molar-refractivity contribution in [3.63, 3.8) is 0 Å². The van der Waals surface area contributed by atoms with Crippen molar-refractivity contribution >= 4 is 18.0 Å². The van der Waals surface area contributed by atoms with Gasteiger partial charge in [0.05, 0.1) is 19.8 Å². The zero-order chi connectivity index (χ0) is 19.1. The maximum atomic E-state index is 12.5. The van der Waals surface area contributed by atoms with Crippen LogP contribution >= 0.6 is 0 Å². The Kier molecular flexibility index (Phi) is 7.28. The maximum absolute atomic E-state index is 12.5. The highest BCUT2D eigenvalue weighted by Crippen LogP contribution is 2.17. The number of hydrogen-bond acceptors (Lipinski definition) is 5. The number of imide groups is 1. The lowest BCUT2D eigenvalue weighted by molar-refractivity contribution is -0.121. The first-order chi connectivity index (χ1) is 13.1. The Hall–Kier alpha value is -1.87. The quantitative estimate of drug-likeness (QED) is 0.729. The largest absolute Gasteiger partial charge is 0.378 e. The van der Waals surface area contributed by atoms with E-state index < -0.39 is 6.03 Å². The molecule has 9 heteroatoms. The van der Waals surface area contributed by atoms with Gasteiger partial charge in [0.25, 0.3) is 0 Å². The molecule has 2 aliphatic heterocycles. The van der Waals surface area contributed by atoms with Gasteiger partial charge in [0, 0.05) is 45.3 Å². The molecule has 0 atom stereocenters. The van der Waals surface area contributed by atoms with Crippen LogP contribution in [0.5, 0.6) is 0 Å². The third-order valence-corrected chi connectivity index (χ3v) is 5.48. The minimum atomic E-state index is -0.395. The Morgan fingerprint density at radius 2 is 1.48 bits per heavy atom. The first-order valence-corrected chi connectivity index (χ1v) is 10.1. The molecule has 0 aromatic carbocycles. The summed E-state index contributed by atoms with van der Waals surface area (Å²) >= 11 is 0. The predicted octanol–water partition coefficient (Wildman–Crippen LogP) is 0.215. The van der Waals surface area contributed by atoms with Crippen LogP contribution in [0, 0.1) is 0 Å². The van der Waals surface area contributed by atoms with Crippen molar-refractivity contribution in [3.05, 3.63) is 0 Å². The average molecular weight is 381 g/mol. The van der Waals surface area contributed by atoms with E-state index in [-0.39, 0.29) is 24.5 Å². The molecular weight excluding hydrogens is 350 g/mol. The van der Waals surface area contributed by atoms with Crippen molar-refractivity contribution in [3.8, 4) is 0 Å². The average Bonchev–Trinajstić information content (AvgIpc) is 2.69. The lowest BCUT2D eigenvalue weighted by Gasteiger charge is -2.38. The van der Waals surface area contributed by atoms with E-state index in [1.54, 1.807) is 0 Å². The van der Waals surface area contributed by atoms with Gasteiger partial charge in [-0.1, -0.05) is 19.3 Å². The van der Waals surface area contributed by atoms with E-state index in [9.17, 15) is 14.4 Å². The molecular formula is C18H31N5O4. The highest BCUT2D eigenvalue weighted by atomic mass is 16.5. The first-order valence-electron chi connectivity index (χ1n) is 10.1. The standard InChI is InChI=1S/C18H31N5O4/c24-16(20-17(25)19-15-4-2-1-3-5-15)14-21-6-8-22(9-7-21)18(26)23-10-12-27-13-11-23/h15H,1-14H2,(H2,19,20,24,25). The van der Waals surface area contributed by atoms with Crippen molar-refractivity contribution in [2.45, 2.75) is 38.1 Å². The number of carbonyl (C=O) groups excluding carboxylic acids is 3. The lowest BCUT2D eigenvalue weighted by atomic mass is 9.96. The molecule has 0 unspecified atom stereocenters. The minimum Gasteiger partial charge on any atom is -0.378 e. The van der Waals surface area contributed by atoms with Crippen LogP contribution in [-0.2, 0) is 9.53 Å². The molecule has 1 saturated carbocycles. The van der Waals surface area contributed by atoms with E-state index in [0.29, 0.717) is 52.5 Å². The van der Waals surface area contributed by atoms with E-state index in [0.717, 1.165) is 25.7 Å².